The Morgan fingerprint density at radius 3 is 1.91 bits per heavy atom. The number of ether oxygens (including phenoxy) is 2. The van der Waals surface area contributed by atoms with Crippen molar-refractivity contribution in [1.29, 1.82) is 0 Å². The van der Waals surface area contributed by atoms with Crippen LogP contribution in [0.2, 0.25) is 0 Å². The fourth-order valence-electron chi connectivity index (χ4n) is 1.91. The molecule has 114 valence electrons. The van der Waals surface area contributed by atoms with Crippen LogP contribution in [-0.4, -0.2) is 22.2 Å². The molecule has 0 saturated heterocycles. The predicted octanol–water partition coefficient (Wildman–Crippen LogP) is 2.62. The molecule has 0 amide bonds. The van der Waals surface area contributed by atoms with Crippen molar-refractivity contribution in [2.24, 2.45) is 0 Å². The summed E-state index contributed by atoms with van der Waals surface area (Å²) in [5, 5.41) is 19.2. The number of phenols is 2. The molecule has 0 atom stereocenters. The second kappa shape index (κ2) is 6.17. The van der Waals surface area contributed by atoms with Crippen LogP contribution in [0.15, 0.2) is 36.4 Å². The minimum absolute atomic E-state index is 0.0617. The zero-order chi connectivity index (χ0) is 16.3. The van der Waals surface area contributed by atoms with Crippen LogP contribution in [-0.2, 0) is 9.59 Å². The highest BCUT2D eigenvalue weighted by Gasteiger charge is 2.20. The third-order valence-electron chi connectivity index (χ3n) is 2.76. The first-order chi connectivity index (χ1) is 10.4. The minimum atomic E-state index is -0.661. The Kier molecular flexibility index (Phi) is 4.31. The SMILES string of the molecule is CC(=O)Oc1c(O)ccc(-c2ccc(O)cc2)c1OC(C)=O. The molecule has 0 aromatic heterocycles. The molecule has 0 aliphatic rings. The third-order valence-corrected chi connectivity index (χ3v) is 2.76. The smallest absolute Gasteiger partial charge is 0.308 e. The highest BCUT2D eigenvalue weighted by molar-refractivity contribution is 5.83. The van der Waals surface area contributed by atoms with Crippen molar-refractivity contribution in [2.75, 3.05) is 0 Å². The van der Waals surface area contributed by atoms with E-state index in [4.69, 9.17) is 9.47 Å². The Balaban J connectivity index is 2.64. The highest BCUT2D eigenvalue weighted by atomic mass is 16.6. The summed E-state index contributed by atoms with van der Waals surface area (Å²) in [6.45, 7) is 2.37. The van der Waals surface area contributed by atoms with Gasteiger partial charge in [0.25, 0.3) is 0 Å². The lowest BCUT2D eigenvalue weighted by Crippen LogP contribution is -2.08. The lowest BCUT2D eigenvalue weighted by molar-refractivity contribution is -0.134. The molecule has 0 fully saturated rings. The van der Waals surface area contributed by atoms with Gasteiger partial charge in [0.15, 0.2) is 11.5 Å². The summed E-state index contributed by atoms with van der Waals surface area (Å²) in [4.78, 5) is 22.5. The molecule has 0 bridgehead atoms. The molecular weight excluding hydrogens is 288 g/mol. The Bertz CT molecular complexity index is 718. The van der Waals surface area contributed by atoms with Gasteiger partial charge < -0.3 is 19.7 Å². The van der Waals surface area contributed by atoms with Crippen molar-refractivity contribution in [3.05, 3.63) is 36.4 Å². The van der Waals surface area contributed by atoms with E-state index in [0.29, 0.717) is 11.1 Å². The molecule has 0 aliphatic carbocycles. The first-order valence-electron chi connectivity index (χ1n) is 6.40. The summed E-state index contributed by atoms with van der Waals surface area (Å²) in [6, 6.07) is 8.98. The number of carbonyl (C=O) groups is 2. The summed E-state index contributed by atoms with van der Waals surface area (Å²) in [7, 11) is 0. The fourth-order valence-corrected chi connectivity index (χ4v) is 1.91. The van der Waals surface area contributed by atoms with Gasteiger partial charge in [-0.3, -0.25) is 9.59 Å². The number of rotatable bonds is 3. The van der Waals surface area contributed by atoms with Crippen molar-refractivity contribution in [3.8, 4) is 34.1 Å². The van der Waals surface area contributed by atoms with Crippen LogP contribution in [0.3, 0.4) is 0 Å². The van der Waals surface area contributed by atoms with Crippen LogP contribution in [0.5, 0.6) is 23.0 Å². The molecule has 0 saturated carbocycles. The molecule has 6 heteroatoms. The zero-order valence-corrected chi connectivity index (χ0v) is 12.0. The summed E-state index contributed by atoms with van der Waals surface area (Å²) in [6.07, 6.45) is 0. The quantitative estimate of drug-likeness (QED) is 0.668. The van der Waals surface area contributed by atoms with E-state index in [0.717, 1.165) is 0 Å². The van der Waals surface area contributed by atoms with E-state index in [1.165, 1.54) is 38.1 Å². The normalized spacial score (nSPS) is 10.1. The molecule has 2 rings (SSSR count). The van der Waals surface area contributed by atoms with E-state index in [9.17, 15) is 19.8 Å². The van der Waals surface area contributed by atoms with E-state index in [1.54, 1.807) is 12.1 Å². The van der Waals surface area contributed by atoms with E-state index in [1.807, 2.05) is 0 Å². The van der Waals surface area contributed by atoms with Gasteiger partial charge in [0.2, 0.25) is 5.75 Å². The van der Waals surface area contributed by atoms with Gasteiger partial charge in [-0.05, 0) is 29.8 Å². The van der Waals surface area contributed by atoms with E-state index >= 15 is 0 Å². The molecule has 2 aromatic rings. The topological polar surface area (TPSA) is 93.1 Å². The second-order valence-electron chi connectivity index (χ2n) is 4.52. The van der Waals surface area contributed by atoms with Crippen LogP contribution < -0.4 is 9.47 Å². The molecule has 22 heavy (non-hydrogen) atoms. The molecule has 2 aromatic carbocycles. The van der Waals surface area contributed by atoms with Gasteiger partial charge in [-0.15, -0.1) is 0 Å². The third kappa shape index (κ3) is 3.35. The molecule has 6 nitrogen and oxygen atoms in total. The molecule has 0 radical (unpaired) electrons. The first kappa shape index (κ1) is 15.4. The largest absolute Gasteiger partial charge is 0.508 e. The number of phenolic OH excluding ortho intramolecular Hbond substituents is 2. The van der Waals surface area contributed by atoms with Crippen molar-refractivity contribution >= 4 is 11.9 Å². The molecule has 2 N–H and O–H groups in total. The predicted molar refractivity (Wildman–Crippen MR) is 77.8 cm³/mol. The Morgan fingerprint density at radius 2 is 1.36 bits per heavy atom. The standard InChI is InChI=1S/C16H14O6/c1-9(17)21-15-13(11-3-5-12(19)6-4-11)7-8-14(20)16(15)22-10(2)18/h3-8,19-20H,1-2H3. The number of aromatic hydroxyl groups is 2. The maximum absolute atomic E-state index is 11.3. The molecule has 0 heterocycles. The number of carbonyl (C=O) groups excluding carboxylic acids is 2. The zero-order valence-electron chi connectivity index (χ0n) is 12.0. The Hall–Kier alpha value is -3.02. The molecule has 0 aliphatic heterocycles. The van der Waals surface area contributed by atoms with Crippen molar-refractivity contribution in [1.82, 2.24) is 0 Å². The second-order valence-corrected chi connectivity index (χ2v) is 4.52. The van der Waals surface area contributed by atoms with Gasteiger partial charge >= 0.3 is 11.9 Å². The van der Waals surface area contributed by atoms with Gasteiger partial charge in [0.1, 0.15) is 5.75 Å². The summed E-state index contributed by atoms with van der Waals surface area (Å²) < 4.78 is 10.1. The van der Waals surface area contributed by atoms with Crippen molar-refractivity contribution in [2.45, 2.75) is 13.8 Å². The van der Waals surface area contributed by atoms with Crippen molar-refractivity contribution in [3.63, 3.8) is 0 Å². The average Bonchev–Trinajstić information content (AvgIpc) is 2.43. The fraction of sp³-hybridized carbons (Fsp3) is 0.125. The summed E-state index contributed by atoms with van der Waals surface area (Å²) in [5.74, 6) is -1.82. The lowest BCUT2D eigenvalue weighted by Gasteiger charge is -2.14. The summed E-state index contributed by atoms with van der Waals surface area (Å²) >= 11 is 0. The van der Waals surface area contributed by atoms with Crippen LogP contribution in [0.1, 0.15) is 13.8 Å². The highest BCUT2D eigenvalue weighted by Crippen LogP contribution is 2.44. The van der Waals surface area contributed by atoms with Gasteiger partial charge in [-0.25, -0.2) is 0 Å². The van der Waals surface area contributed by atoms with Gasteiger partial charge in [-0.2, -0.15) is 0 Å². The number of hydrogen-bond donors (Lipinski definition) is 2. The minimum Gasteiger partial charge on any atom is -0.508 e. The molecule has 0 spiro atoms. The number of hydrogen-bond acceptors (Lipinski definition) is 6. The number of benzene rings is 2. The maximum atomic E-state index is 11.3. The Labute approximate surface area is 126 Å². The van der Waals surface area contributed by atoms with Gasteiger partial charge in [0, 0.05) is 19.4 Å². The van der Waals surface area contributed by atoms with E-state index in [-0.39, 0.29) is 23.0 Å². The molecular formula is C16H14O6. The van der Waals surface area contributed by atoms with Crippen molar-refractivity contribution < 1.29 is 29.3 Å². The average molecular weight is 302 g/mol. The molecule has 0 unspecified atom stereocenters. The van der Waals surface area contributed by atoms with Crippen LogP contribution >= 0.6 is 0 Å². The number of esters is 2. The van der Waals surface area contributed by atoms with Gasteiger partial charge in [0.05, 0.1) is 0 Å². The lowest BCUT2D eigenvalue weighted by atomic mass is 10.0. The van der Waals surface area contributed by atoms with Crippen LogP contribution in [0.25, 0.3) is 11.1 Å². The maximum Gasteiger partial charge on any atom is 0.308 e. The monoisotopic (exact) mass is 302 g/mol. The first-order valence-corrected chi connectivity index (χ1v) is 6.40. The van der Waals surface area contributed by atoms with E-state index < -0.39 is 11.9 Å². The summed E-state index contributed by atoms with van der Waals surface area (Å²) in [5.41, 5.74) is 1.05. The van der Waals surface area contributed by atoms with Crippen LogP contribution in [0.4, 0.5) is 0 Å². The van der Waals surface area contributed by atoms with Gasteiger partial charge in [-0.1, -0.05) is 12.1 Å². The van der Waals surface area contributed by atoms with E-state index in [2.05, 4.69) is 0 Å². The Morgan fingerprint density at radius 1 is 0.818 bits per heavy atom. The van der Waals surface area contributed by atoms with Crippen LogP contribution in [0, 0.1) is 0 Å².